The van der Waals surface area contributed by atoms with Crippen molar-refractivity contribution in [1.29, 1.82) is 0 Å². The van der Waals surface area contributed by atoms with Gasteiger partial charge in [-0.05, 0) is 48.7 Å². The van der Waals surface area contributed by atoms with E-state index in [2.05, 4.69) is 4.98 Å². The Hall–Kier alpha value is -3.21. The Morgan fingerprint density at radius 2 is 1.89 bits per heavy atom. The molecule has 1 aromatic heterocycles. The molecule has 1 heterocycles. The number of pyridine rings is 1. The van der Waals surface area contributed by atoms with Crippen LogP contribution in [0.25, 0.3) is 11.1 Å². The second-order valence-electron chi connectivity index (χ2n) is 6.25. The quantitative estimate of drug-likeness (QED) is 0.519. The summed E-state index contributed by atoms with van der Waals surface area (Å²) < 4.78 is 25.1. The molecule has 0 bridgehead atoms. The Morgan fingerprint density at radius 1 is 1.07 bits per heavy atom. The number of carbonyl (C=O) groups is 1. The van der Waals surface area contributed by atoms with Gasteiger partial charge in [-0.1, -0.05) is 30.3 Å². The van der Waals surface area contributed by atoms with E-state index < -0.39 is 0 Å². The van der Waals surface area contributed by atoms with E-state index in [1.54, 1.807) is 25.4 Å². The Labute approximate surface area is 164 Å². The van der Waals surface area contributed by atoms with Gasteiger partial charge in [0.1, 0.15) is 18.2 Å². The highest BCUT2D eigenvalue weighted by atomic mass is 19.1. The number of rotatable bonds is 8. The van der Waals surface area contributed by atoms with E-state index >= 15 is 0 Å². The first kappa shape index (κ1) is 19.5. The molecule has 4 nitrogen and oxygen atoms in total. The van der Waals surface area contributed by atoms with Crippen LogP contribution in [-0.2, 0) is 22.6 Å². The van der Waals surface area contributed by atoms with Crippen LogP contribution in [0.15, 0.2) is 67.0 Å². The van der Waals surface area contributed by atoms with Crippen LogP contribution in [0.4, 0.5) is 4.39 Å². The largest absolute Gasteiger partial charge is 0.489 e. The SMILES string of the molecule is CCOC(=O)CCc1ccc(OCc2c(F)cccc2-c2cccnc2)cc1. The minimum atomic E-state index is -0.313. The Morgan fingerprint density at radius 3 is 2.61 bits per heavy atom. The molecule has 0 atom stereocenters. The number of esters is 1. The van der Waals surface area contributed by atoms with Crippen molar-refractivity contribution in [3.63, 3.8) is 0 Å². The number of carbonyl (C=O) groups excluding carboxylic acids is 1. The molecular formula is C23H22FNO3. The predicted molar refractivity (Wildman–Crippen MR) is 105 cm³/mol. The maximum absolute atomic E-state index is 14.4. The van der Waals surface area contributed by atoms with Crippen molar-refractivity contribution in [3.05, 3.63) is 83.9 Å². The molecule has 3 aromatic rings. The van der Waals surface area contributed by atoms with Crippen LogP contribution in [0.3, 0.4) is 0 Å². The fourth-order valence-electron chi connectivity index (χ4n) is 2.89. The van der Waals surface area contributed by atoms with Crippen LogP contribution in [0.2, 0.25) is 0 Å². The number of hydrogen-bond acceptors (Lipinski definition) is 4. The summed E-state index contributed by atoms with van der Waals surface area (Å²) in [6.07, 6.45) is 4.34. The number of aromatic nitrogens is 1. The average molecular weight is 379 g/mol. The number of nitrogens with zero attached hydrogens (tertiary/aromatic N) is 1. The van der Waals surface area contributed by atoms with E-state index in [1.807, 2.05) is 42.5 Å². The molecule has 0 saturated carbocycles. The van der Waals surface area contributed by atoms with Crippen molar-refractivity contribution in [2.45, 2.75) is 26.4 Å². The lowest BCUT2D eigenvalue weighted by molar-refractivity contribution is -0.143. The number of halogens is 1. The zero-order valence-electron chi connectivity index (χ0n) is 15.7. The predicted octanol–water partition coefficient (Wildman–Crippen LogP) is 4.96. The van der Waals surface area contributed by atoms with E-state index in [-0.39, 0.29) is 18.4 Å². The first-order valence-corrected chi connectivity index (χ1v) is 9.22. The maximum Gasteiger partial charge on any atom is 0.306 e. The van der Waals surface area contributed by atoms with E-state index in [0.717, 1.165) is 16.7 Å². The maximum atomic E-state index is 14.4. The third-order valence-electron chi connectivity index (χ3n) is 4.32. The van der Waals surface area contributed by atoms with E-state index in [0.29, 0.717) is 30.8 Å². The molecule has 144 valence electrons. The summed E-state index contributed by atoms with van der Waals surface area (Å²) in [5.41, 5.74) is 3.11. The number of benzene rings is 2. The molecular weight excluding hydrogens is 357 g/mol. The van der Waals surface area contributed by atoms with Gasteiger partial charge in [0.15, 0.2) is 0 Å². The van der Waals surface area contributed by atoms with Crippen molar-refractivity contribution in [3.8, 4) is 16.9 Å². The first-order chi connectivity index (χ1) is 13.7. The lowest BCUT2D eigenvalue weighted by Gasteiger charge is -2.12. The van der Waals surface area contributed by atoms with Crippen molar-refractivity contribution in [2.75, 3.05) is 6.61 Å². The van der Waals surface area contributed by atoms with Crippen LogP contribution in [0.5, 0.6) is 5.75 Å². The molecule has 3 rings (SSSR count). The van der Waals surface area contributed by atoms with Gasteiger partial charge >= 0.3 is 5.97 Å². The van der Waals surface area contributed by atoms with E-state index in [1.165, 1.54) is 6.07 Å². The Balaban J connectivity index is 1.65. The molecule has 0 amide bonds. The van der Waals surface area contributed by atoms with Crippen molar-refractivity contribution < 1.29 is 18.7 Å². The monoisotopic (exact) mass is 379 g/mol. The summed E-state index contributed by atoms with van der Waals surface area (Å²) in [6, 6.07) is 16.1. The molecule has 28 heavy (non-hydrogen) atoms. The zero-order valence-corrected chi connectivity index (χ0v) is 15.7. The zero-order chi connectivity index (χ0) is 19.8. The third-order valence-corrected chi connectivity index (χ3v) is 4.32. The highest BCUT2D eigenvalue weighted by Crippen LogP contribution is 2.26. The molecule has 0 fully saturated rings. The highest BCUT2D eigenvalue weighted by molar-refractivity contribution is 5.69. The van der Waals surface area contributed by atoms with Crippen molar-refractivity contribution >= 4 is 5.97 Å². The summed E-state index contributed by atoms with van der Waals surface area (Å²) in [5.74, 6) is 0.123. The normalized spacial score (nSPS) is 10.5. The summed E-state index contributed by atoms with van der Waals surface area (Å²) >= 11 is 0. The van der Waals surface area contributed by atoms with Gasteiger partial charge in [-0.25, -0.2) is 4.39 Å². The second-order valence-corrected chi connectivity index (χ2v) is 6.25. The molecule has 0 saturated heterocycles. The van der Waals surface area contributed by atoms with Crippen LogP contribution in [0.1, 0.15) is 24.5 Å². The molecule has 0 radical (unpaired) electrons. The molecule has 5 heteroatoms. The summed E-state index contributed by atoms with van der Waals surface area (Å²) in [6.45, 7) is 2.29. The van der Waals surface area contributed by atoms with Gasteiger partial charge in [0, 0.05) is 29.9 Å². The van der Waals surface area contributed by atoms with Gasteiger partial charge in [0.2, 0.25) is 0 Å². The number of ether oxygens (including phenoxy) is 2. The molecule has 0 spiro atoms. The van der Waals surface area contributed by atoms with Crippen molar-refractivity contribution in [2.24, 2.45) is 0 Å². The fourth-order valence-corrected chi connectivity index (χ4v) is 2.89. The smallest absolute Gasteiger partial charge is 0.306 e. The van der Waals surface area contributed by atoms with Crippen molar-refractivity contribution in [1.82, 2.24) is 4.98 Å². The van der Waals surface area contributed by atoms with Gasteiger partial charge in [0.25, 0.3) is 0 Å². The van der Waals surface area contributed by atoms with Crippen LogP contribution >= 0.6 is 0 Å². The van der Waals surface area contributed by atoms with Gasteiger partial charge in [-0.2, -0.15) is 0 Å². The fraction of sp³-hybridized carbons (Fsp3) is 0.217. The Kier molecular flexibility index (Phi) is 6.73. The van der Waals surface area contributed by atoms with E-state index in [9.17, 15) is 9.18 Å². The number of hydrogen-bond donors (Lipinski definition) is 0. The van der Waals surface area contributed by atoms with Gasteiger partial charge < -0.3 is 9.47 Å². The topological polar surface area (TPSA) is 48.4 Å². The summed E-state index contributed by atoms with van der Waals surface area (Å²) in [4.78, 5) is 15.5. The standard InChI is InChI=1S/C23H22FNO3/c1-2-27-23(26)13-10-17-8-11-19(12-9-17)28-16-21-20(6-3-7-22(21)24)18-5-4-14-25-15-18/h3-9,11-12,14-15H,2,10,13,16H2,1H3. The third kappa shape index (κ3) is 5.16. The van der Waals surface area contributed by atoms with Crippen LogP contribution < -0.4 is 4.74 Å². The number of aryl methyl sites for hydroxylation is 1. The second kappa shape index (κ2) is 9.65. The van der Waals surface area contributed by atoms with E-state index in [4.69, 9.17) is 9.47 Å². The lowest BCUT2D eigenvalue weighted by Crippen LogP contribution is -2.05. The molecule has 0 aliphatic carbocycles. The first-order valence-electron chi connectivity index (χ1n) is 9.22. The molecule has 0 unspecified atom stereocenters. The van der Waals surface area contributed by atoms with Gasteiger partial charge in [-0.3, -0.25) is 9.78 Å². The van der Waals surface area contributed by atoms with Crippen LogP contribution in [-0.4, -0.2) is 17.6 Å². The highest BCUT2D eigenvalue weighted by Gasteiger charge is 2.11. The summed E-state index contributed by atoms with van der Waals surface area (Å²) in [7, 11) is 0. The summed E-state index contributed by atoms with van der Waals surface area (Å²) in [5, 5.41) is 0. The molecule has 0 aliphatic heterocycles. The van der Waals surface area contributed by atoms with Gasteiger partial charge in [-0.15, -0.1) is 0 Å². The average Bonchev–Trinajstić information content (AvgIpc) is 2.73. The molecule has 2 aromatic carbocycles. The minimum absolute atomic E-state index is 0.110. The molecule has 0 aliphatic rings. The lowest BCUT2D eigenvalue weighted by atomic mass is 10.0. The minimum Gasteiger partial charge on any atom is -0.489 e. The van der Waals surface area contributed by atoms with Gasteiger partial charge in [0.05, 0.1) is 6.61 Å². The Bertz CT molecular complexity index is 911. The molecule has 0 N–H and O–H groups in total. The van der Waals surface area contributed by atoms with Crippen LogP contribution in [0, 0.1) is 5.82 Å².